The third-order valence-electron chi connectivity index (χ3n) is 5.66. The number of aliphatic carboxylic acids is 1. The van der Waals surface area contributed by atoms with E-state index >= 15 is 0 Å². The van der Waals surface area contributed by atoms with Crippen molar-refractivity contribution in [3.63, 3.8) is 0 Å². The summed E-state index contributed by atoms with van der Waals surface area (Å²) in [4.78, 5) is 11.4. The first-order valence-electron chi connectivity index (χ1n) is 9.32. The largest absolute Gasteiger partial charge is 0.507 e. The van der Waals surface area contributed by atoms with Crippen molar-refractivity contribution in [2.24, 2.45) is 5.92 Å². The molecule has 0 spiro atoms. The Kier molecular flexibility index (Phi) is 4.81. The molecule has 0 saturated carbocycles. The minimum absolute atomic E-state index is 0.108. The predicted molar refractivity (Wildman–Crippen MR) is 97.2 cm³/mol. The Morgan fingerprint density at radius 2 is 2.08 bits per heavy atom. The zero-order chi connectivity index (χ0) is 18.2. The number of carboxylic acid groups (broad SMARTS) is 1. The van der Waals surface area contributed by atoms with Crippen LogP contribution in [0.1, 0.15) is 69.9 Å². The fourth-order valence-electron chi connectivity index (χ4n) is 4.32. The molecule has 0 aromatic heterocycles. The second-order valence-corrected chi connectivity index (χ2v) is 7.86. The van der Waals surface area contributed by atoms with Gasteiger partial charge in [0.2, 0.25) is 0 Å². The van der Waals surface area contributed by atoms with E-state index in [4.69, 9.17) is 4.74 Å². The van der Waals surface area contributed by atoms with Gasteiger partial charge in [-0.25, -0.2) is 4.79 Å². The lowest BCUT2D eigenvalue weighted by Crippen LogP contribution is -2.45. The molecule has 1 unspecified atom stereocenters. The maximum absolute atomic E-state index is 11.4. The number of carboxylic acids is 1. The molecule has 0 amide bonds. The van der Waals surface area contributed by atoms with Crippen molar-refractivity contribution in [2.45, 2.75) is 70.8 Å². The van der Waals surface area contributed by atoms with Crippen molar-refractivity contribution in [3.8, 4) is 11.5 Å². The van der Waals surface area contributed by atoms with Gasteiger partial charge >= 0.3 is 5.97 Å². The molecule has 2 aliphatic rings. The van der Waals surface area contributed by atoms with Gasteiger partial charge in [0.1, 0.15) is 17.1 Å². The Bertz CT molecular complexity index is 702. The quantitative estimate of drug-likeness (QED) is 0.753. The van der Waals surface area contributed by atoms with Gasteiger partial charge in [-0.15, -0.1) is 0 Å². The monoisotopic (exact) mass is 344 g/mol. The first-order valence-corrected chi connectivity index (χ1v) is 9.32. The van der Waals surface area contributed by atoms with E-state index in [2.05, 4.69) is 20.8 Å². The number of unbranched alkanes of at least 4 members (excludes halogenated alkanes) is 2. The number of ether oxygens (including phenoxy) is 1. The third-order valence-corrected chi connectivity index (χ3v) is 5.66. The second kappa shape index (κ2) is 6.74. The molecule has 1 heterocycles. The lowest BCUT2D eigenvalue weighted by atomic mass is 9.67. The number of phenols is 1. The molecule has 2 N–H and O–H groups in total. The Balaban J connectivity index is 2.02. The molecule has 3 rings (SSSR count). The van der Waals surface area contributed by atoms with Crippen LogP contribution >= 0.6 is 0 Å². The summed E-state index contributed by atoms with van der Waals surface area (Å²) in [5, 5.41) is 20.0. The van der Waals surface area contributed by atoms with Gasteiger partial charge in [-0.1, -0.05) is 25.8 Å². The molecule has 1 aliphatic carbocycles. The van der Waals surface area contributed by atoms with Crippen molar-refractivity contribution in [2.75, 3.05) is 0 Å². The topological polar surface area (TPSA) is 66.8 Å². The highest BCUT2D eigenvalue weighted by atomic mass is 16.5. The predicted octanol–water partition coefficient (Wildman–Crippen LogP) is 4.80. The first-order chi connectivity index (χ1) is 11.8. The summed E-state index contributed by atoms with van der Waals surface area (Å²) in [7, 11) is 0. The van der Waals surface area contributed by atoms with E-state index in [0.717, 1.165) is 36.8 Å². The molecular formula is C21H28O4. The number of rotatable bonds is 5. The molecular weight excluding hydrogens is 316 g/mol. The van der Waals surface area contributed by atoms with Crippen LogP contribution in [0.4, 0.5) is 0 Å². The molecule has 1 aromatic rings. The number of carbonyl (C=O) groups is 1. The lowest BCUT2D eigenvalue weighted by Gasteiger charge is -2.46. The third kappa shape index (κ3) is 3.39. The highest BCUT2D eigenvalue weighted by molar-refractivity contribution is 5.87. The smallest absolute Gasteiger partial charge is 0.331 e. The maximum atomic E-state index is 11.4. The molecule has 0 fully saturated rings. The van der Waals surface area contributed by atoms with Crippen LogP contribution in [-0.4, -0.2) is 21.8 Å². The number of hydrogen-bond acceptors (Lipinski definition) is 3. The molecule has 0 bridgehead atoms. The van der Waals surface area contributed by atoms with E-state index in [0.29, 0.717) is 17.7 Å². The number of aromatic hydroxyl groups is 1. The number of aryl methyl sites for hydroxylation is 1. The van der Waals surface area contributed by atoms with Gasteiger partial charge in [-0.3, -0.25) is 0 Å². The van der Waals surface area contributed by atoms with E-state index in [1.54, 1.807) is 0 Å². The molecule has 2 atom stereocenters. The van der Waals surface area contributed by atoms with Crippen molar-refractivity contribution in [3.05, 3.63) is 34.9 Å². The van der Waals surface area contributed by atoms with Crippen LogP contribution in [0.25, 0.3) is 0 Å². The molecule has 25 heavy (non-hydrogen) atoms. The van der Waals surface area contributed by atoms with Crippen LogP contribution < -0.4 is 4.74 Å². The van der Waals surface area contributed by atoms with Crippen LogP contribution in [-0.2, 0) is 11.2 Å². The van der Waals surface area contributed by atoms with Gasteiger partial charge in [0.05, 0.1) is 0 Å². The molecule has 136 valence electrons. The van der Waals surface area contributed by atoms with Crippen molar-refractivity contribution in [1.82, 2.24) is 0 Å². The summed E-state index contributed by atoms with van der Waals surface area (Å²) in [6.45, 7) is 6.30. The first kappa shape index (κ1) is 17.8. The van der Waals surface area contributed by atoms with Gasteiger partial charge in [0, 0.05) is 23.0 Å². The summed E-state index contributed by atoms with van der Waals surface area (Å²) < 4.78 is 6.28. The van der Waals surface area contributed by atoms with Crippen LogP contribution in [0.5, 0.6) is 11.5 Å². The second-order valence-electron chi connectivity index (χ2n) is 7.86. The average Bonchev–Trinajstić information content (AvgIpc) is 2.53. The lowest BCUT2D eigenvalue weighted by molar-refractivity contribution is -0.133. The normalized spacial score (nSPS) is 23.9. The fourth-order valence-corrected chi connectivity index (χ4v) is 4.32. The number of phenolic OH excluding ortho intramolecular Hbond substituents is 1. The Hall–Kier alpha value is -1.97. The summed E-state index contributed by atoms with van der Waals surface area (Å²) in [6.07, 6.45) is 7.47. The zero-order valence-corrected chi connectivity index (χ0v) is 15.3. The van der Waals surface area contributed by atoms with Gasteiger partial charge in [0.25, 0.3) is 0 Å². The van der Waals surface area contributed by atoms with Gasteiger partial charge < -0.3 is 14.9 Å². The minimum atomic E-state index is -0.861. The van der Waals surface area contributed by atoms with Crippen molar-refractivity contribution in [1.29, 1.82) is 0 Å². The molecule has 1 aromatic carbocycles. The van der Waals surface area contributed by atoms with Crippen LogP contribution in [0, 0.1) is 5.92 Å². The molecule has 1 aliphatic heterocycles. The van der Waals surface area contributed by atoms with Gasteiger partial charge in [-0.2, -0.15) is 0 Å². The zero-order valence-electron chi connectivity index (χ0n) is 15.3. The Morgan fingerprint density at radius 3 is 2.76 bits per heavy atom. The number of hydrogen-bond donors (Lipinski definition) is 2. The summed E-state index contributed by atoms with van der Waals surface area (Å²) in [5.74, 6) is 0.140. The average molecular weight is 344 g/mol. The maximum Gasteiger partial charge on any atom is 0.331 e. The van der Waals surface area contributed by atoms with Crippen molar-refractivity contribution < 1.29 is 19.7 Å². The van der Waals surface area contributed by atoms with Gasteiger partial charge in [-0.05, 0) is 57.2 Å². The van der Waals surface area contributed by atoms with E-state index < -0.39 is 5.97 Å². The van der Waals surface area contributed by atoms with Crippen LogP contribution in [0.3, 0.4) is 0 Å². The molecule has 4 nitrogen and oxygen atoms in total. The van der Waals surface area contributed by atoms with Gasteiger partial charge in [0.15, 0.2) is 0 Å². The summed E-state index contributed by atoms with van der Waals surface area (Å²) in [5.41, 5.74) is 1.89. The number of benzene rings is 1. The highest BCUT2D eigenvalue weighted by Crippen LogP contribution is 2.53. The highest BCUT2D eigenvalue weighted by Gasteiger charge is 2.46. The van der Waals surface area contributed by atoms with Crippen LogP contribution in [0.2, 0.25) is 0 Å². The van der Waals surface area contributed by atoms with E-state index in [-0.39, 0.29) is 23.2 Å². The van der Waals surface area contributed by atoms with E-state index in [1.807, 2.05) is 18.2 Å². The molecule has 0 radical (unpaired) electrons. The van der Waals surface area contributed by atoms with E-state index in [1.165, 1.54) is 6.42 Å². The Morgan fingerprint density at radius 1 is 1.32 bits per heavy atom. The van der Waals surface area contributed by atoms with Crippen molar-refractivity contribution >= 4 is 5.97 Å². The number of fused-ring (bicyclic) bond motifs is 3. The summed E-state index contributed by atoms with van der Waals surface area (Å²) in [6, 6.07) is 3.86. The van der Waals surface area contributed by atoms with E-state index in [9.17, 15) is 15.0 Å². The Labute approximate surface area is 149 Å². The summed E-state index contributed by atoms with van der Waals surface area (Å²) >= 11 is 0. The fraction of sp³-hybridized carbons (Fsp3) is 0.571. The molecule has 4 heteroatoms. The minimum Gasteiger partial charge on any atom is -0.507 e. The number of allylic oxidation sites excluding steroid dienone is 1. The van der Waals surface area contributed by atoms with Crippen LogP contribution in [0.15, 0.2) is 23.8 Å². The molecule has 0 saturated heterocycles. The standard InChI is InChI=1S/C21H28O4/c1-4-5-6-7-13-10-17(22)19-15-12-14(20(23)24)8-9-16(15)21(2,3)25-18(19)11-13/h10-12,15-16,22H,4-9H2,1-3H3,(H,23,24)/t15?,16-/m1/s1. The SMILES string of the molecule is CCCCCc1cc(O)c2c(c1)OC(C)(C)[C@@H]1CCC(C(=O)O)=CC21.